The topological polar surface area (TPSA) is 58.3 Å². The Morgan fingerprint density at radius 3 is 2.27 bits per heavy atom. The van der Waals surface area contributed by atoms with Gasteiger partial charge in [0, 0.05) is 17.9 Å². The molecular formula is C23H31FN4O2+2. The molecule has 0 radical (unpaired) electrons. The zero-order valence-electron chi connectivity index (χ0n) is 17.7. The first kappa shape index (κ1) is 21.9. The summed E-state index contributed by atoms with van der Waals surface area (Å²) >= 11 is 0. The lowest BCUT2D eigenvalue weighted by Crippen LogP contribution is -3.30. The molecule has 7 heteroatoms. The van der Waals surface area contributed by atoms with Gasteiger partial charge in [-0.2, -0.15) is 0 Å². The smallest absolute Gasteiger partial charge is 0.284 e. The van der Waals surface area contributed by atoms with E-state index in [-0.39, 0.29) is 23.7 Å². The number of anilines is 2. The van der Waals surface area contributed by atoms with Gasteiger partial charge < -0.3 is 20.0 Å². The van der Waals surface area contributed by atoms with E-state index in [1.807, 2.05) is 49.1 Å². The van der Waals surface area contributed by atoms with Crippen molar-refractivity contribution in [2.45, 2.75) is 19.9 Å². The number of carbonyl (C=O) groups excluding carboxylic acids is 2. The number of quaternary nitrogens is 2. The van der Waals surface area contributed by atoms with Crippen LogP contribution in [-0.2, 0) is 9.59 Å². The van der Waals surface area contributed by atoms with Crippen molar-refractivity contribution in [2.24, 2.45) is 0 Å². The molecule has 160 valence electrons. The quantitative estimate of drug-likeness (QED) is 0.597. The maximum Gasteiger partial charge on any atom is 0.284 e. The number of halogens is 1. The Morgan fingerprint density at radius 2 is 1.67 bits per heavy atom. The SMILES string of the molecule is CCN(C(=O)[C@H](C)[NH+]1CC[NH+](CC(=O)Nc2ccc(F)cc2)CC1)c1ccccc1. The Kier molecular flexibility index (Phi) is 7.54. The number of nitrogens with zero attached hydrogens (tertiary/aromatic N) is 1. The summed E-state index contributed by atoms with van der Waals surface area (Å²) < 4.78 is 13.0. The molecule has 0 bridgehead atoms. The third-order valence-electron chi connectivity index (χ3n) is 5.77. The average molecular weight is 415 g/mol. The lowest BCUT2D eigenvalue weighted by molar-refractivity contribution is -1.01. The lowest BCUT2D eigenvalue weighted by Gasteiger charge is -2.34. The predicted octanol–water partition coefficient (Wildman–Crippen LogP) is -0.0108. The Bertz CT molecular complexity index is 836. The molecule has 3 N–H and O–H groups in total. The highest BCUT2D eigenvalue weighted by atomic mass is 19.1. The van der Waals surface area contributed by atoms with Crippen LogP contribution in [0.5, 0.6) is 0 Å². The molecule has 1 heterocycles. The Balaban J connectivity index is 1.48. The average Bonchev–Trinajstić information content (AvgIpc) is 2.76. The van der Waals surface area contributed by atoms with E-state index in [0.29, 0.717) is 18.8 Å². The van der Waals surface area contributed by atoms with E-state index >= 15 is 0 Å². The van der Waals surface area contributed by atoms with Crippen LogP contribution in [-0.4, -0.2) is 57.1 Å². The van der Waals surface area contributed by atoms with Crippen molar-refractivity contribution in [1.29, 1.82) is 0 Å². The normalized spacial score (nSPS) is 19.7. The first-order valence-electron chi connectivity index (χ1n) is 10.6. The lowest BCUT2D eigenvalue weighted by atomic mass is 10.1. The summed E-state index contributed by atoms with van der Waals surface area (Å²) in [6, 6.07) is 15.4. The highest BCUT2D eigenvalue weighted by molar-refractivity contribution is 5.96. The van der Waals surface area contributed by atoms with Gasteiger partial charge in [-0.1, -0.05) is 18.2 Å². The fourth-order valence-electron chi connectivity index (χ4n) is 3.98. The third kappa shape index (κ3) is 5.64. The second-order valence-electron chi connectivity index (χ2n) is 7.78. The number of carbonyl (C=O) groups is 2. The van der Waals surface area contributed by atoms with E-state index in [4.69, 9.17) is 0 Å². The highest BCUT2D eigenvalue weighted by Gasteiger charge is 2.34. The van der Waals surface area contributed by atoms with Crippen molar-refractivity contribution in [3.05, 3.63) is 60.4 Å². The van der Waals surface area contributed by atoms with Crippen molar-refractivity contribution >= 4 is 23.2 Å². The number of hydrogen-bond donors (Lipinski definition) is 3. The molecule has 0 aliphatic carbocycles. The van der Waals surface area contributed by atoms with Crippen LogP contribution in [0.1, 0.15) is 13.8 Å². The molecule has 0 spiro atoms. The molecule has 2 aromatic carbocycles. The van der Waals surface area contributed by atoms with E-state index < -0.39 is 0 Å². The maximum atomic E-state index is 13.1. The van der Waals surface area contributed by atoms with Gasteiger partial charge in [0.15, 0.2) is 12.6 Å². The van der Waals surface area contributed by atoms with Gasteiger partial charge in [0.2, 0.25) is 0 Å². The van der Waals surface area contributed by atoms with E-state index in [9.17, 15) is 14.0 Å². The largest absolute Gasteiger partial charge is 0.321 e. The first-order chi connectivity index (χ1) is 14.5. The van der Waals surface area contributed by atoms with Crippen LogP contribution in [0.2, 0.25) is 0 Å². The minimum Gasteiger partial charge on any atom is -0.321 e. The predicted molar refractivity (Wildman–Crippen MR) is 115 cm³/mol. The summed E-state index contributed by atoms with van der Waals surface area (Å²) in [6.45, 7) is 8.36. The highest BCUT2D eigenvalue weighted by Crippen LogP contribution is 2.13. The summed E-state index contributed by atoms with van der Waals surface area (Å²) in [5.41, 5.74) is 1.53. The molecular weight excluding hydrogens is 383 g/mol. The number of hydrogen-bond acceptors (Lipinski definition) is 2. The molecule has 3 rings (SSSR count). The van der Waals surface area contributed by atoms with Gasteiger partial charge in [-0.15, -0.1) is 0 Å². The van der Waals surface area contributed by atoms with Gasteiger partial charge in [0.1, 0.15) is 32.0 Å². The number of amides is 2. The fraction of sp³-hybridized carbons (Fsp3) is 0.391. The number of likely N-dealkylation sites (N-methyl/N-ethyl adjacent to an activating group) is 1. The van der Waals surface area contributed by atoms with E-state index in [2.05, 4.69) is 5.32 Å². The van der Waals surface area contributed by atoms with Crippen LogP contribution in [0.25, 0.3) is 0 Å². The third-order valence-corrected chi connectivity index (χ3v) is 5.77. The van der Waals surface area contributed by atoms with Crippen molar-refractivity contribution in [1.82, 2.24) is 0 Å². The van der Waals surface area contributed by atoms with Gasteiger partial charge in [-0.05, 0) is 50.2 Å². The minimum atomic E-state index is -0.324. The monoisotopic (exact) mass is 414 g/mol. The molecule has 2 amide bonds. The number of rotatable bonds is 7. The van der Waals surface area contributed by atoms with Crippen LogP contribution in [0.3, 0.4) is 0 Å². The molecule has 1 fully saturated rings. The van der Waals surface area contributed by atoms with Crippen LogP contribution in [0.15, 0.2) is 54.6 Å². The van der Waals surface area contributed by atoms with E-state index in [1.165, 1.54) is 21.9 Å². The summed E-state index contributed by atoms with van der Waals surface area (Å²) in [5, 5.41) is 2.82. The van der Waals surface area contributed by atoms with Crippen LogP contribution in [0, 0.1) is 5.82 Å². The number of para-hydroxylation sites is 1. The van der Waals surface area contributed by atoms with E-state index in [0.717, 1.165) is 31.9 Å². The minimum absolute atomic E-state index is 0.0783. The number of nitrogens with one attached hydrogen (secondary N) is 3. The summed E-state index contributed by atoms with van der Waals surface area (Å²) in [7, 11) is 0. The van der Waals surface area contributed by atoms with Crippen molar-refractivity contribution < 1.29 is 23.8 Å². The Labute approximate surface area is 177 Å². The van der Waals surface area contributed by atoms with Crippen molar-refractivity contribution in [3.8, 4) is 0 Å². The van der Waals surface area contributed by atoms with Gasteiger partial charge in [0.05, 0.1) is 0 Å². The molecule has 6 nitrogen and oxygen atoms in total. The molecule has 1 atom stereocenters. The Hall–Kier alpha value is -2.77. The molecule has 0 saturated carbocycles. The Morgan fingerprint density at radius 1 is 1.03 bits per heavy atom. The van der Waals surface area contributed by atoms with E-state index in [1.54, 1.807) is 12.1 Å². The van der Waals surface area contributed by atoms with Gasteiger partial charge >= 0.3 is 0 Å². The zero-order chi connectivity index (χ0) is 21.5. The molecule has 2 aromatic rings. The molecule has 1 aliphatic heterocycles. The molecule has 0 aromatic heterocycles. The van der Waals surface area contributed by atoms with Crippen molar-refractivity contribution in [2.75, 3.05) is 49.5 Å². The molecule has 1 aliphatic rings. The zero-order valence-corrected chi connectivity index (χ0v) is 17.7. The van der Waals surface area contributed by atoms with Gasteiger partial charge in [-0.25, -0.2) is 4.39 Å². The van der Waals surface area contributed by atoms with Crippen LogP contribution >= 0.6 is 0 Å². The summed E-state index contributed by atoms with van der Waals surface area (Å²) in [6.07, 6.45) is 0. The fourth-order valence-corrected chi connectivity index (χ4v) is 3.98. The molecule has 0 unspecified atom stereocenters. The second-order valence-corrected chi connectivity index (χ2v) is 7.78. The number of piperazine rings is 1. The van der Waals surface area contributed by atoms with Gasteiger partial charge in [0.25, 0.3) is 11.8 Å². The molecule has 1 saturated heterocycles. The van der Waals surface area contributed by atoms with Crippen LogP contribution in [0.4, 0.5) is 15.8 Å². The van der Waals surface area contributed by atoms with Crippen LogP contribution < -0.4 is 20.0 Å². The summed E-state index contributed by atoms with van der Waals surface area (Å²) in [4.78, 5) is 29.7. The second kappa shape index (κ2) is 10.3. The van der Waals surface area contributed by atoms with Crippen molar-refractivity contribution in [3.63, 3.8) is 0 Å². The maximum absolute atomic E-state index is 13.1. The standard InChI is InChI=1S/C23H29FN4O2/c1-3-28(21-7-5-4-6-8-21)23(30)18(2)27-15-13-26(14-16-27)17-22(29)25-20-11-9-19(24)10-12-20/h4-12,18H,3,13-17H2,1-2H3,(H,25,29)/p+2/t18-/m0/s1. The summed E-state index contributed by atoms with van der Waals surface area (Å²) in [5.74, 6) is -0.267. The first-order valence-corrected chi connectivity index (χ1v) is 10.6. The molecule has 30 heavy (non-hydrogen) atoms. The van der Waals surface area contributed by atoms with Gasteiger partial charge in [-0.3, -0.25) is 9.59 Å². The number of benzene rings is 2.